The van der Waals surface area contributed by atoms with Crippen molar-refractivity contribution in [3.63, 3.8) is 0 Å². The van der Waals surface area contributed by atoms with E-state index in [4.69, 9.17) is 81.7 Å². The molecule has 3 aliphatic rings. The number of anilines is 3. The Bertz CT molecular complexity index is 4880. The maximum absolute atomic E-state index is 14.1. The molecule has 680 valence electrons. The molecule has 4 aromatic carbocycles. The first kappa shape index (κ1) is 98.4. The van der Waals surface area contributed by atoms with E-state index in [2.05, 4.69) is 76.3 Å². The van der Waals surface area contributed by atoms with Crippen LogP contribution in [-0.2, 0) is 125 Å². The van der Waals surface area contributed by atoms with E-state index in [1.54, 1.807) is 67.3 Å². The van der Waals surface area contributed by atoms with E-state index >= 15 is 0 Å². The highest BCUT2D eigenvalue weighted by atomic mass is 32.5. The topological polar surface area (TPSA) is 471 Å². The summed E-state index contributed by atoms with van der Waals surface area (Å²) in [4.78, 5) is 140. The number of hydrogen-bond donors (Lipinski definition) is 9. The number of nitrogens with zero attached hydrogens (tertiary/aromatic N) is 7. The van der Waals surface area contributed by atoms with Gasteiger partial charge in [0.05, 0.1) is 137 Å². The number of aromatic nitrogens is 6. The Morgan fingerprint density at radius 1 is 0.730 bits per heavy atom. The fourth-order valence-corrected chi connectivity index (χ4v) is 15.2. The van der Waals surface area contributed by atoms with Gasteiger partial charge in [0, 0.05) is 86.4 Å². The van der Waals surface area contributed by atoms with Crippen molar-refractivity contribution < 1.29 is 118 Å². The Kier molecular flexibility index (Phi) is 40.6. The predicted molar refractivity (Wildman–Crippen MR) is 462 cm³/mol. The lowest BCUT2D eigenvalue weighted by molar-refractivity contribution is -0.132. The zero-order chi connectivity index (χ0) is 89.6. The molecule has 126 heavy (non-hydrogen) atoms. The van der Waals surface area contributed by atoms with Crippen LogP contribution in [0, 0.1) is 23.7 Å². The number of imidazole rings is 1. The highest BCUT2D eigenvalue weighted by Gasteiger charge is 2.50. The van der Waals surface area contributed by atoms with Crippen molar-refractivity contribution in [1.29, 1.82) is 0 Å². The first-order valence-corrected chi connectivity index (χ1v) is 44.6. The van der Waals surface area contributed by atoms with E-state index in [1.807, 2.05) is 48.5 Å². The monoisotopic (exact) mass is 1830 g/mol. The van der Waals surface area contributed by atoms with Crippen molar-refractivity contribution in [3.05, 3.63) is 166 Å². The van der Waals surface area contributed by atoms with E-state index in [9.17, 15) is 52.9 Å². The Balaban J connectivity index is 0.528. The van der Waals surface area contributed by atoms with Gasteiger partial charge in [-0.2, -0.15) is 4.98 Å². The second-order valence-corrected chi connectivity index (χ2v) is 32.8. The lowest BCUT2D eigenvalue weighted by atomic mass is 10.0. The van der Waals surface area contributed by atoms with Gasteiger partial charge in [-0.1, -0.05) is 86.4 Å². The molecule has 1 saturated carbocycles. The number of thiol groups is 1. The van der Waals surface area contributed by atoms with Crippen molar-refractivity contribution in [1.82, 2.24) is 50.3 Å². The molecule has 10 rings (SSSR count). The summed E-state index contributed by atoms with van der Waals surface area (Å²) in [6, 6.07) is 27.7. The van der Waals surface area contributed by atoms with Gasteiger partial charge in [-0.25, -0.2) is 19.7 Å². The van der Waals surface area contributed by atoms with Gasteiger partial charge in [0.25, 0.3) is 11.5 Å². The zero-order valence-corrected chi connectivity index (χ0v) is 73.6. The fourth-order valence-electron chi connectivity index (χ4n) is 13.2. The molecule has 7 aromatic rings. The average molecular weight is 1830 g/mol. The van der Waals surface area contributed by atoms with E-state index in [1.165, 1.54) is 48.4 Å². The molecule has 2 unspecified atom stereocenters. The summed E-state index contributed by atoms with van der Waals surface area (Å²) in [5.41, 5.74) is 3.53. The number of ether oxygens (including phenoxy) is 11. The highest BCUT2D eigenvalue weighted by Crippen LogP contribution is 2.51. The molecule has 8 N–H and O–H groups in total. The Morgan fingerprint density at radius 2 is 1.37 bits per heavy atom. The molecule has 2 fully saturated rings. The van der Waals surface area contributed by atoms with Crippen molar-refractivity contribution in [2.45, 2.75) is 121 Å². The van der Waals surface area contributed by atoms with Crippen molar-refractivity contribution in [3.8, 4) is 17.7 Å². The van der Waals surface area contributed by atoms with Gasteiger partial charge in [0.1, 0.15) is 56.0 Å². The third kappa shape index (κ3) is 31.3. The van der Waals surface area contributed by atoms with Gasteiger partial charge in [0.2, 0.25) is 41.4 Å². The second kappa shape index (κ2) is 51.9. The summed E-state index contributed by atoms with van der Waals surface area (Å²) < 4.78 is 97.0. The molecule has 3 aromatic heterocycles. The molecule has 11 atom stereocenters. The van der Waals surface area contributed by atoms with Gasteiger partial charge < -0.3 is 102 Å². The van der Waals surface area contributed by atoms with Gasteiger partial charge in [-0.3, -0.25) is 53.0 Å². The van der Waals surface area contributed by atoms with Crippen LogP contribution < -0.4 is 41.8 Å². The number of aliphatic hydroxyl groups is 1. The molecule has 5 heterocycles. The molecule has 1 aliphatic carbocycles. The lowest BCUT2D eigenvalue weighted by Crippen LogP contribution is -2.53. The number of carbonyl (C=O) groups excluding carboxylic acids is 7. The van der Waals surface area contributed by atoms with E-state index in [-0.39, 0.29) is 111 Å². The molecule has 0 radical (unpaired) electrons. The summed E-state index contributed by atoms with van der Waals surface area (Å²) in [5.74, 6) is 3.04. The molecular weight excluding hydrogens is 1720 g/mol. The van der Waals surface area contributed by atoms with Gasteiger partial charge in [-0.05, 0) is 102 Å². The lowest BCUT2D eigenvalue weighted by Gasteiger charge is -2.27. The number of benzene rings is 4. The molecule has 43 heteroatoms. The number of aliphatic hydroxyl groups excluding tert-OH is 1. The van der Waals surface area contributed by atoms with Crippen LogP contribution in [0.1, 0.15) is 97.3 Å². The van der Waals surface area contributed by atoms with E-state index in [0.29, 0.717) is 135 Å². The average Bonchev–Trinajstić information content (AvgIpc) is 1.60. The van der Waals surface area contributed by atoms with Crippen LogP contribution in [0.25, 0.3) is 11.2 Å². The van der Waals surface area contributed by atoms with Crippen molar-refractivity contribution in [2.24, 2.45) is 11.8 Å². The number of carbonyl (C=O) groups is 7. The molecule has 39 nitrogen and oxygen atoms in total. The molecule has 0 bridgehead atoms. The van der Waals surface area contributed by atoms with E-state index in [0.717, 1.165) is 22.4 Å². The zero-order valence-electron chi connectivity index (χ0n) is 70.0. The minimum absolute atomic E-state index is 0.0255. The number of para-hydroxylation sites is 1. The van der Waals surface area contributed by atoms with Crippen LogP contribution in [-0.4, -0.2) is 261 Å². The number of aromatic amines is 1. The normalized spacial score (nSPS) is 18.1. The number of rotatable bonds is 54. The minimum atomic E-state index is -4.25. The molecule has 0 spiro atoms. The number of H-pyrrole nitrogens is 1. The maximum atomic E-state index is 14.1. The smallest absolute Gasteiger partial charge is 0.474 e. The number of amides is 7. The number of hydrogen-bond acceptors (Lipinski definition) is 31. The maximum Gasteiger partial charge on any atom is 0.494 e. The standard InChI is InChI=1S/C83H105N13O26P2S2/c1-54(2)72(90-69(98)26-29-108-31-33-110-35-37-112-39-41-114-43-44-115-42-40-113-38-36-111-34-32-109-30-28-85-68(97)23-24-71(99)95-48-59-13-6-5-11-57(59)19-20-58-12-8-10-16-65(58)95)79(103)88-55(3)77(101)89-62-21-17-56(18-22-62)49-116-83(105)94(4)47-60-14-7-9-15-64(60)78(102)92-82-91-76-73(80(104)93-82)87-53-96(76)81-75(74(100)67(120-81)51-117-123-106)121-124(107,126)118-50-61-45-63(46-66(61)122-125)119-70-25-27-84-52-86-70/h5-18,21-22,25,27,52-55,61,63,66-67,72,74-75,81,100,123H,23-24,26,28-51H2,1-4H3,(H7-,85,88,89,90,91,92,93,97,98,101,102,103,104,107,125,126)/p+1/t55-,61+,63+,66-,67+,72-,74+,75+,81+,124?/m0/s1. The van der Waals surface area contributed by atoms with Crippen molar-refractivity contribution in [2.75, 3.05) is 148 Å². The number of nitrogens with one attached hydrogen (secondary N) is 6. The Morgan fingerprint density at radius 3 is 2.02 bits per heavy atom. The summed E-state index contributed by atoms with van der Waals surface area (Å²) in [5, 5.41) is 25.1. The largest absolute Gasteiger partial charge is 0.494 e. The minimum Gasteiger partial charge on any atom is -0.474 e. The van der Waals surface area contributed by atoms with Crippen LogP contribution in [0.15, 0.2) is 127 Å². The van der Waals surface area contributed by atoms with Crippen LogP contribution >= 0.6 is 28.3 Å². The van der Waals surface area contributed by atoms with E-state index < -0.39 is 100 Å². The van der Waals surface area contributed by atoms with Gasteiger partial charge in [-0.15, -0.1) is 4.52 Å². The summed E-state index contributed by atoms with van der Waals surface area (Å²) >= 11 is 9.47. The fraction of sp³-hybridized carbons (Fsp3) is 0.494. The molecule has 2 aliphatic heterocycles. The summed E-state index contributed by atoms with van der Waals surface area (Å²) in [7, 11) is 0.239. The third-order valence-corrected chi connectivity index (χ3v) is 21.9. The predicted octanol–water partition coefficient (Wildman–Crippen LogP) is 5.80. The Hall–Kier alpha value is -9.74. The second-order valence-electron chi connectivity index (χ2n) is 29.3. The van der Waals surface area contributed by atoms with Crippen LogP contribution in [0.2, 0.25) is 0 Å². The third-order valence-electron chi connectivity index (χ3n) is 19.8. The van der Waals surface area contributed by atoms with Crippen LogP contribution in [0.5, 0.6) is 5.88 Å². The quantitative estimate of drug-likeness (QED) is 0.00715. The molecule has 7 amide bonds. The Labute approximate surface area is 739 Å². The first-order valence-electron chi connectivity index (χ1n) is 40.9. The SMILES string of the molecule is CC(C)[C@H](NC(=O)CCOCCOCCOCCOCCOCCOCCOCCOCCNC(=O)CCC(=O)N1Cc2ccccc2C#Cc2ccccc21)C(=O)N[C@@H](C)C(=O)Nc1ccc(COC(=O)N(C)Cc2ccccc2C(=O)Nc2nc3c(ncn3[C@@H]3O[C@H](CO[PH+]=O)[C@@H](O)[C@H]3OP(O)(=S)OC[C@H]3C[C@@H](Oc4ccncn4)C[C@@H]3OS)c(=O)[nH]2)cc1. The summed E-state index contributed by atoms with van der Waals surface area (Å²) in [6.45, 7) is 5.94. The van der Waals surface area contributed by atoms with Gasteiger partial charge in [0.15, 0.2) is 17.4 Å². The molecule has 1 saturated heterocycles. The van der Waals surface area contributed by atoms with Gasteiger partial charge >= 0.3 is 21.5 Å². The van der Waals surface area contributed by atoms with Crippen LogP contribution in [0.3, 0.4) is 0 Å². The summed E-state index contributed by atoms with van der Waals surface area (Å²) in [6.07, 6.45) is -2.42. The molecular formula is C83H106N13O26P2S2+. The number of fused-ring (bicyclic) bond motifs is 3. The first-order chi connectivity index (χ1) is 61.0. The van der Waals surface area contributed by atoms with Crippen LogP contribution in [0.4, 0.5) is 22.1 Å². The highest BCUT2D eigenvalue weighted by molar-refractivity contribution is 8.07. The van der Waals surface area contributed by atoms with Crippen molar-refractivity contribution >= 4 is 110 Å².